The molecule has 2 aromatic carbocycles. The molecule has 21 N–H and O–H groups in total. The van der Waals surface area contributed by atoms with E-state index in [1.165, 1.54) is 7.05 Å². The van der Waals surface area contributed by atoms with Crippen LogP contribution in [0.3, 0.4) is 0 Å². The number of hydrogen-bond donors (Lipinski definition) is 17. The number of aliphatic imine (C=N–C) groups is 1. The summed E-state index contributed by atoms with van der Waals surface area (Å²) in [6.45, 7) is 13.0. The van der Waals surface area contributed by atoms with Gasteiger partial charge in [0.05, 0.1) is 19.7 Å². The van der Waals surface area contributed by atoms with Crippen LogP contribution in [0.4, 0.5) is 23.3 Å². The van der Waals surface area contributed by atoms with Crippen molar-refractivity contribution in [2.75, 3.05) is 73.9 Å². The van der Waals surface area contributed by atoms with Gasteiger partial charge in [-0.05, 0) is 94.4 Å². The number of aromatic nitrogens is 3. The molecule has 10 amide bonds. The summed E-state index contributed by atoms with van der Waals surface area (Å²) in [5, 5.41) is 35.0. The first-order valence-electron chi connectivity index (χ1n) is 35.1. The van der Waals surface area contributed by atoms with Crippen molar-refractivity contribution >= 4 is 105 Å². The van der Waals surface area contributed by atoms with Crippen LogP contribution in [0.25, 0.3) is 10.9 Å². The van der Waals surface area contributed by atoms with Crippen LogP contribution in [0.1, 0.15) is 143 Å². The molecule has 3 heterocycles. The van der Waals surface area contributed by atoms with Gasteiger partial charge >= 0.3 is 5.97 Å². The number of ether oxygens (including phenoxy) is 1. The quantitative estimate of drug-likeness (QED) is 0.0126. The Kier molecular flexibility index (Phi) is 35.0. The number of anilines is 4. The third-order valence-corrected chi connectivity index (χ3v) is 17.3. The summed E-state index contributed by atoms with van der Waals surface area (Å²) < 4.78 is 5.37. The summed E-state index contributed by atoms with van der Waals surface area (Å²) in [5.41, 5.74) is 26.0. The Labute approximate surface area is 595 Å². The fourth-order valence-corrected chi connectivity index (χ4v) is 11.0. The van der Waals surface area contributed by atoms with E-state index in [-0.39, 0.29) is 103 Å². The number of esters is 1. The number of unbranched alkanes of at least 4 members (excludes halogenated alkanes) is 1. The molecule has 0 saturated heterocycles. The molecule has 5 rings (SSSR count). The molecule has 2 aromatic heterocycles. The van der Waals surface area contributed by atoms with Crippen molar-refractivity contribution < 1.29 is 57.5 Å². The van der Waals surface area contributed by atoms with Gasteiger partial charge in [0, 0.05) is 95.0 Å². The van der Waals surface area contributed by atoms with Gasteiger partial charge in [-0.1, -0.05) is 89.1 Å². The van der Waals surface area contributed by atoms with Crippen LogP contribution in [0.5, 0.6) is 0 Å². The van der Waals surface area contributed by atoms with Crippen LogP contribution < -0.4 is 91.6 Å². The SMILES string of the molecule is CCC(C)[C@H](NC(=O)[C@H](CCCCN)NC(=O)[C@@H](NC(=O)[C@H](CCC(N)=O)NC(=O)[C@H](CCCN=C(N)N)NC(=O)CCNC(=O)CCC(=O)NCCC(=O)OCCCNc1nc(NCc2ccccc2)c2c(n1)N(C(C)C)CN2)C(C)CC)C(=O)N[C@@H](Cc1c[nH]c2ccccc12)C(=O)NC. The number of nitrogens with one attached hydrogen (secondary N) is 13. The summed E-state index contributed by atoms with van der Waals surface area (Å²) in [6, 6.07) is 10.1. The number of likely N-dealkylation sites (N-methyl/N-ethyl adjacent to an activating group) is 1. The molecule has 1 aliphatic rings. The molecule has 4 aromatic rings. The van der Waals surface area contributed by atoms with E-state index in [4.69, 9.17) is 37.6 Å². The molecule has 0 spiro atoms. The lowest BCUT2D eigenvalue weighted by Crippen LogP contribution is -2.61. The number of H-pyrrole nitrogens is 1. The summed E-state index contributed by atoms with van der Waals surface area (Å²) in [4.78, 5) is 167. The monoisotopic (exact) mass is 1420 g/mol. The van der Waals surface area contributed by atoms with Gasteiger partial charge in [0.2, 0.25) is 65.0 Å². The first-order valence-corrected chi connectivity index (χ1v) is 35.1. The van der Waals surface area contributed by atoms with E-state index in [9.17, 15) is 52.7 Å². The molecular formula is C69H107N21O12. The minimum absolute atomic E-state index is 0.0323. The highest BCUT2D eigenvalue weighted by atomic mass is 16.5. The normalized spacial score (nSPS) is 13.9. The Hall–Kier alpha value is -10.3. The molecule has 33 heteroatoms. The molecule has 560 valence electrons. The lowest BCUT2D eigenvalue weighted by molar-refractivity contribution is -0.143. The smallest absolute Gasteiger partial charge is 0.307 e. The number of primary amides is 1. The predicted molar refractivity (Wildman–Crippen MR) is 388 cm³/mol. The van der Waals surface area contributed by atoms with Gasteiger partial charge in [0.25, 0.3) is 0 Å². The van der Waals surface area contributed by atoms with E-state index < -0.39 is 120 Å². The van der Waals surface area contributed by atoms with Gasteiger partial charge in [-0.2, -0.15) is 9.97 Å². The van der Waals surface area contributed by atoms with E-state index >= 15 is 0 Å². The standard InChI is InChI=1S/C69H107N21O12/c1-8-42(5)57(66(100)84-49(23-15-16-31-70)64(98)86-58(43(6)9-2)67(101)85-51(62(96)74-7)37-45-39-79-47-22-14-13-21-46(45)47)87-65(99)50(25-26-52(71)91)83-63(97)48(24-17-32-77-68(72)73)82-55(94)29-34-75-53(92)27-28-54(93)76-35-30-56(95)102-36-18-33-78-69-88-60(80-38-44-19-11-10-12-20-44)59-61(89-69)90(40-81-59)41(3)4/h10-14,19-22,39,41-43,48-51,57-58,79,81H,8-9,15-18,23-38,40,70H2,1-7H3,(H2,71,91)(H,74,96)(H,75,92)(H,76,93)(H,82,94)(H,83,97)(H,84,100)(H,85,101)(H,86,98)(H,87,99)(H4,72,73,77)(H2,78,80,88,89)/t42?,43?,48-,49-,50-,51-,57-,58-/m0/s1. The molecular weight excluding hydrogens is 1310 g/mol. The largest absolute Gasteiger partial charge is 0.466 e. The van der Waals surface area contributed by atoms with Crippen LogP contribution in [-0.2, 0) is 70.4 Å². The van der Waals surface area contributed by atoms with Crippen molar-refractivity contribution in [2.45, 2.75) is 187 Å². The zero-order valence-electron chi connectivity index (χ0n) is 59.7. The molecule has 8 atom stereocenters. The average molecular weight is 1420 g/mol. The number of guanidine groups is 1. The fourth-order valence-electron chi connectivity index (χ4n) is 11.0. The molecule has 1 aliphatic heterocycles. The van der Waals surface area contributed by atoms with Crippen LogP contribution >= 0.6 is 0 Å². The van der Waals surface area contributed by atoms with E-state index in [2.05, 4.69) is 92.5 Å². The van der Waals surface area contributed by atoms with Gasteiger partial charge in [0.15, 0.2) is 17.6 Å². The summed E-state index contributed by atoms with van der Waals surface area (Å²) in [7, 11) is 1.45. The number of rotatable bonds is 47. The Morgan fingerprint density at radius 2 is 1.20 bits per heavy atom. The van der Waals surface area contributed by atoms with Gasteiger partial charge in [0.1, 0.15) is 41.9 Å². The van der Waals surface area contributed by atoms with Gasteiger partial charge in [-0.25, -0.2) is 0 Å². The van der Waals surface area contributed by atoms with Crippen molar-refractivity contribution in [1.82, 2.24) is 62.8 Å². The first kappa shape index (κ1) is 82.3. The van der Waals surface area contributed by atoms with Crippen molar-refractivity contribution in [3.63, 3.8) is 0 Å². The van der Waals surface area contributed by atoms with Crippen molar-refractivity contribution in [2.24, 2.45) is 39.8 Å². The van der Waals surface area contributed by atoms with Gasteiger partial charge in [-0.3, -0.25) is 57.7 Å². The van der Waals surface area contributed by atoms with E-state index in [1.54, 1.807) is 27.0 Å². The van der Waals surface area contributed by atoms with E-state index in [1.807, 2.05) is 61.5 Å². The third kappa shape index (κ3) is 27.6. The highest BCUT2D eigenvalue weighted by Gasteiger charge is 2.37. The van der Waals surface area contributed by atoms with Crippen LogP contribution in [-0.4, -0.2) is 181 Å². The Morgan fingerprint density at radius 1 is 0.608 bits per heavy atom. The molecule has 102 heavy (non-hydrogen) atoms. The highest BCUT2D eigenvalue weighted by molar-refractivity contribution is 5.98. The second-order valence-electron chi connectivity index (χ2n) is 25.5. The highest BCUT2D eigenvalue weighted by Crippen LogP contribution is 2.37. The Morgan fingerprint density at radius 3 is 1.81 bits per heavy atom. The van der Waals surface area contributed by atoms with E-state index in [0.29, 0.717) is 63.6 Å². The lowest BCUT2D eigenvalue weighted by atomic mass is 9.95. The maximum Gasteiger partial charge on any atom is 0.307 e. The van der Waals surface area contributed by atoms with E-state index in [0.717, 1.165) is 33.5 Å². The molecule has 0 fully saturated rings. The van der Waals surface area contributed by atoms with Crippen molar-refractivity contribution in [1.29, 1.82) is 0 Å². The molecule has 33 nitrogen and oxygen atoms in total. The third-order valence-electron chi connectivity index (χ3n) is 17.3. The first-order chi connectivity index (χ1) is 48.9. The molecule has 0 saturated carbocycles. The van der Waals surface area contributed by atoms with Crippen LogP contribution in [0.2, 0.25) is 0 Å². The number of nitrogens with zero attached hydrogens (tertiary/aromatic N) is 4. The number of para-hydroxylation sites is 1. The summed E-state index contributed by atoms with van der Waals surface area (Å²) in [5.74, 6) is -6.82. The fraction of sp³-hybridized carbons (Fsp3) is 0.565. The molecule has 0 bridgehead atoms. The Bertz CT molecular complexity index is 3460. The number of carbonyl (C=O) groups excluding carboxylic acids is 11. The lowest BCUT2D eigenvalue weighted by Gasteiger charge is -2.30. The number of hydrogen-bond acceptors (Lipinski definition) is 20. The Balaban J connectivity index is 1.11. The number of aromatic amines is 1. The minimum Gasteiger partial charge on any atom is -0.466 e. The van der Waals surface area contributed by atoms with Crippen LogP contribution in [0.15, 0.2) is 65.8 Å². The zero-order valence-corrected chi connectivity index (χ0v) is 59.7. The van der Waals surface area contributed by atoms with Crippen molar-refractivity contribution in [3.05, 3.63) is 71.9 Å². The molecule has 0 radical (unpaired) electrons. The van der Waals surface area contributed by atoms with Crippen LogP contribution in [0, 0.1) is 11.8 Å². The van der Waals surface area contributed by atoms with Crippen molar-refractivity contribution in [3.8, 4) is 0 Å². The maximum absolute atomic E-state index is 14.5. The zero-order chi connectivity index (χ0) is 74.7. The number of fused-ring (bicyclic) bond motifs is 2. The predicted octanol–water partition coefficient (Wildman–Crippen LogP) is 0.744. The topological polar surface area (TPSA) is 503 Å². The minimum atomic E-state index is -1.51. The second kappa shape index (κ2) is 43.4. The molecule has 0 aliphatic carbocycles. The average Bonchev–Trinajstić information content (AvgIpc) is 1.64. The van der Waals surface area contributed by atoms with Gasteiger partial charge in [-0.15, -0.1) is 0 Å². The maximum atomic E-state index is 14.5. The number of benzene rings is 2. The van der Waals surface area contributed by atoms with Gasteiger partial charge < -0.3 is 101 Å². The summed E-state index contributed by atoms with van der Waals surface area (Å²) >= 11 is 0. The number of nitrogens with two attached hydrogens (primary N) is 4. The number of amides is 10. The second-order valence-corrected chi connectivity index (χ2v) is 25.5. The molecule has 2 unspecified atom stereocenters. The summed E-state index contributed by atoms with van der Waals surface area (Å²) in [6.07, 6.45) is 2.53. The number of carbonyl (C=O) groups is 11.